The molecule has 0 saturated carbocycles. The first-order chi connectivity index (χ1) is 12.8. The van der Waals surface area contributed by atoms with E-state index in [-0.39, 0.29) is 10.8 Å². The van der Waals surface area contributed by atoms with Crippen LogP contribution in [0.5, 0.6) is 5.75 Å². The van der Waals surface area contributed by atoms with E-state index in [0.29, 0.717) is 29.4 Å². The van der Waals surface area contributed by atoms with Gasteiger partial charge in [0, 0.05) is 31.5 Å². The van der Waals surface area contributed by atoms with Gasteiger partial charge in [-0.15, -0.1) is 0 Å². The molecule has 2 heterocycles. The summed E-state index contributed by atoms with van der Waals surface area (Å²) in [5.41, 5.74) is 1.35. The fourth-order valence-corrected chi connectivity index (χ4v) is 4.58. The average molecular weight is 391 g/mol. The quantitative estimate of drug-likeness (QED) is 0.821. The summed E-state index contributed by atoms with van der Waals surface area (Å²) in [5.74, 6) is 0.551. The third kappa shape index (κ3) is 3.95. The summed E-state index contributed by atoms with van der Waals surface area (Å²) < 4.78 is 35.3. The summed E-state index contributed by atoms with van der Waals surface area (Å²) in [6.07, 6.45) is 1.97. The van der Waals surface area contributed by atoms with Crippen molar-refractivity contribution in [3.63, 3.8) is 0 Å². The van der Waals surface area contributed by atoms with Gasteiger partial charge in [-0.2, -0.15) is 0 Å². The molecule has 0 aliphatic carbocycles. The average Bonchev–Trinajstić information content (AvgIpc) is 3.26. The molecular weight excluding hydrogens is 366 g/mol. The van der Waals surface area contributed by atoms with E-state index >= 15 is 0 Å². The van der Waals surface area contributed by atoms with Gasteiger partial charge in [-0.3, -0.25) is 9.52 Å². The van der Waals surface area contributed by atoms with Gasteiger partial charge in [0.1, 0.15) is 16.3 Å². The minimum atomic E-state index is -3.81. The zero-order valence-corrected chi connectivity index (χ0v) is 16.7. The molecule has 1 aromatic heterocycles. The lowest BCUT2D eigenvalue weighted by molar-refractivity contribution is 0.0783. The molecule has 1 aromatic carbocycles. The maximum absolute atomic E-state index is 12.9. The molecular formula is C19H25N3O4S. The van der Waals surface area contributed by atoms with E-state index in [9.17, 15) is 13.2 Å². The van der Waals surface area contributed by atoms with Crippen molar-refractivity contribution in [1.82, 2.24) is 9.47 Å². The summed E-state index contributed by atoms with van der Waals surface area (Å²) in [5, 5.41) is 0. The Morgan fingerprint density at radius 3 is 2.41 bits per heavy atom. The fourth-order valence-electron chi connectivity index (χ4n) is 3.23. The third-order valence-electron chi connectivity index (χ3n) is 4.81. The molecule has 7 nitrogen and oxygen atoms in total. The van der Waals surface area contributed by atoms with Crippen molar-refractivity contribution in [2.24, 2.45) is 7.05 Å². The molecule has 0 atom stereocenters. The van der Waals surface area contributed by atoms with Crippen LogP contribution in [0.1, 0.15) is 35.9 Å². The van der Waals surface area contributed by atoms with Crippen LogP contribution in [0.3, 0.4) is 0 Å². The number of hydrogen-bond donors (Lipinski definition) is 1. The fraction of sp³-hybridized carbons (Fsp3) is 0.421. The number of ether oxygens (including phenoxy) is 1. The molecule has 2 aromatic rings. The summed E-state index contributed by atoms with van der Waals surface area (Å²) in [4.78, 5) is 14.6. The van der Waals surface area contributed by atoms with Crippen molar-refractivity contribution < 1.29 is 17.9 Å². The molecule has 1 N–H and O–H groups in total. The van der Waals surface area contributed by atoms with Gasteiger partial charge in [0.2, 0.25) is 0 Å². The number of carbonyl (C=O) groups is 1. The van der Waals surface area contributed by atoms with E-state index in [1.165, 1.54) is 6.07 Å². The Labute approximate surface area is 160 Å². The molecule has 0 bridgehead atoms. The van der Waals surface area contributed by atoms with Crippen LogP contribution < -0.4 is 9.46 Å². The van der Waals surface area contributed by atoms with Crippen molar-refractivity contribution in [2.75, 3.05) is 24.4 Å². The smallest absolute Gasteiger partial charge is 0.270 e. The predicted octanol–water partition coefficient (Wildman–Crippen LogP) is 2.77. The monoisotopic (exact) mass is 391 g/mol. The number of likely N-dealkylation sites (tertiary alicyclic amines) is 1. The highest BCUT2D eigenvalue weighted by Crippen LogP contribution is 2.25. The van der Waals surface area contributed by atoms with Gasteiger partial charge in [0.25, 0.3) is 15.9 Å². The van der Waals surface area contributed by atoms with Gasteiger partial charge in [-0.25, -0.2) is 8.42 Å². The standard InChI is InChI=1S/C19H25N3O4S/c1-4-26-16-9-7-15(8-10-16)20-27(24,25)18-13-17(21(3)14(18)2)19(23)22-11-5-6-12-22/h7-10,13,20H,4-6,11-12H2,1-3H3. The molecule has 146 valence electrons. The largest absolute Gasteiger partial charge is 0.494 e. The maximum atomic E-state index is 12.9. The Kier molecular flexibility index (Phi) is 5.46. The lowest BCUT2D eigenvalue weighted by Gasteiger charge is -2.15. The molecule has 27 heavy (non-hydrogen) atoms. The van der Waals surface area contributed by atoms with Gasteiger partial charge in [0.05, 0.1) is 6.61 Å². The molecule has 1 fully saturated rings. The summed E-state index contributed by atoms with van der Waals surface area (Å²) in [7, 11) is -2.09. The number of rotatable bonds is 6. The van der Waals surface area contributed by atoms with Gasteiger partial charge in [-0.1, -0.05) is 0 Å². The first-order valence-corrected chi connectivity index (χ1v) is 10.5. The summed E-state index contributed by atoms with van der Waals surface area (Å²) >= 11 is 0. The minimum Gasteiger partial charge on any atom is -0.494 e. The van der Waals surface area contributed by atoms with Gasteiger partial charge in [0.15, 0.2) is 0 Å². The number of anilines is 1. The zero-order valence-electron chi connectivity index (χ0n) is 15.9. The van der Waals surface area contributed by atoms with E-state index in [1.807, 2.05) is 6.92 Å². The Morgan fingerprint density at radius 2 is 1.81 bits per heavy atom. The molecule has 1 amide bonds. The van der Waals surface area contributed by atoms with E-state index in [1.54, 1.807) is 47.7 Å². The Balaban J connectivity index is 1.85. The van der Waals surface area contributed by atoms with Crippen LogP contribution in [-0.4, -0.2) is 43.5 Å². The Morgan fingerprint density at radius 1 is 1.19 bits per heavy atom. The molecule has 8 heteroatoms. The van der Waals surface area contributed by atoms with Crippen LogP contribution in [0, 0.1) is 6.92 Å². The third-order valence-corrected chi connectivity index (χ3v) is 6.31. The van der Waals surface area contributed by atoms with Crippen molar-refractivity contribution in [1.29, 1.82) is 0 Å². The Bertz CT molecular complexity index is 927. The topological polar surface area (TPSA) is 80.6 Å². The first-order valence-electron chi connectivity index (χ1n) is 9.04. The van der Waals surface area contributed by atoms with Crippen LogP contribution in [0.25, 0.3) is 0 Å². The first kappa shape index (κ1) is 19.3. The van der Waals surface area contributed by atoms with Gasteiger partial charge >= 0.3 is 0 Å². The second-order valence-electron chi connectivity index (χ2n) is 6.60. The summed E-state index contributed by atoms with van der Waals surface area (Å²) in [6, 6.07) is 8.18. The normalized spacial score (nSPS) is 14.4. The highest BCUT2D eigenvalue weighted by molar-refractivity contribution is 7.92. The van der Waals surface area contributed by atoms with E-state index in [4.69, 9.17) is 4.74 Å². The molecule has 0 spiro atoms. The highest BCUT2D eigenvalue weighted by Gasteiger charge is 2.27. The number of hydrogen-bond acceptors (Lipinski definition) is 4. The minimum absolute atomic E-state index is 0.112. The van der Waals surface area contributed by atoms with Crippen molar-refractivity contribution in [3.8, 4) is 5.75 Å². The summed E-state index contributed by atoms with van der Waals surface area (Å²) in [6.45, 7) is 5.57. The molecule has 3 rings (SSSR count). The van der Waals surface area contributed by atoms with Gasteiger partial charge in [-0.05, 0) is 57.0 Å². The molecule has 1 saturated heterocycles. The van der Waals surface area contributed by atoms with Crippen molar-refractivity contribution in [3.05, 3.63) is 41.7 Å². The predicted molar refractivity (Wildman–Crippen MR) is 104 cm³/mol. The number of carbonyl (C=O) groups excluding carboxylic acids is 1. The maximum Gasteiger partial charge on any atom is 0.270 e. The van der Waals surface area contributed by atoms with Crippen molar-refractivity contribution >= 4 is 21.6 Å². The SMILES string of the molecule is CCOc1ccc(NS(=O)(=O)c2cc(C(=O)N3CCCC3)n(C)c2C)cc1. The number of amides is 1. The van der Waals surface area contributed by atoms with Gasteiger partial charge < -0.3 is 14.2 Å². The molecule has 1 aliphatic rings. The zero-order chi connectivity index (χ0) is 19.6. The van der Waals surface area contributed by atoms with E-state index in [0.717, 1.165) is 25.9 Å². The van der Waals surface area contributed by atoms with Crippen LogP contribution in [-0.2, 0) is 17.1 Å². The number of sulfonamides is 1. The van der Waals surface area contributed by atoms with Crippen LogP contribution >= 0.6 is 0 Å². The van der Waals surface area contributed by atoms with E-state index in [2.05, 4.69) is 4.72 Å². The lowest BCUT2D eigenvalue weighted by atomic mass is 10.3. The second kappa shape index (κ2) is 7.64. The number of benzene rings is 1. The van der Waals surface area contributed by atoms with Crippen LogP contribution in [0.2, 0.25) is 0 Å². The lowest BCUT2D eigenvalue weighted by Crippen LogP contribution is -2.29. The molecule has 0 radical (unpaired) electrons. The number of nitrogens with zero attached hydrogens (tertiary/aromatic N) is 2. The van der Waals surface area contributed by atoms with Crippen LogP contribution in [0.15, 0.2) is 35.2 Å². The van der Waals surface area contributed by atoms with Crippen molar-refractivity contribution in [2.45, 2.75) is 31.6 Å². The molecule has 1 aliphatic heterocycles. The van der Waals surface area contributed by atoms with Crippen LogP contribution in [0.4, 0.5) is 5.69 Å². The molecule has 0 unspecified atom stereocenters. The van der Waals surface area contributed by atoms with E-state index < -0.39 is 10.0 Å². The second-order valence-corrected chi connectivity index (χ2v) is 8.25. The number of nitrogens with one attached hydrogen (secondary N) is 1. The highest BCUT2D eigenvalue weighted by atomic mass is 32.2. The Hall–Kier alpha value is -2.48. The number of aromatic nitrogens is 1.